The molecule has 18 heavy (non-hydrogen) atoms. The lowest BCUT2D eigenvalue weighted by Crippen LogP contribution is -2.18. The number of halogens is 2. The summed E-state index contributed by atoms with van der Waals surface area (Å²) in [6.07, 6.45) is 1.84. The number of hydrogen-bond donors (Lipinski definition) is 1. The lowest BCUT2D eigenvalue weighted by atomic mass is 10.2. The zero-order chi connectivity index (χ0) is 13.1. The van der Waals surface area contributed by atoms with Gasteiger partial charge >= 0.3 is 0 Å². The summed E-state index contributed by atoms with van der Waals surface area (Å²) in [5.41, 5.74) is 0.499. The van der Waals surface area contributed by atoms with Crippen LogP contribution in [0, 0.1) is 12.7 Å². The lowest BCUT2D eigenvalue weighted by molar-refractivity contribution is 0.543. The summed E-state index contributed by atoms with van der Waals surface area (Å²) in [7, 11) is 0. The summed E-state index contributed by atoms with van der Waals surface area (Å²) in [6, 6.07) is 4.80. The molecule has 1 atom stereocenters. The highest BCUT2D eigenvalue weighted by Gasteiger charge is 2.11. The van der Waals surface area contributed by atoms with Gasteiger partial charge in [-0.3, -0.25) is 0 Å². The van der Waals surface area contributed by atoms with E-state index in [-0.39, 0.29) is 11.9 Å². The molecule has 0 aliphatic heterocycles. The van der Waals surface area contributed by atoms with Crippen molar-refractivity contribution < 1.29 is 4.39 Å². The molecule has 2 aromatic rings. The Kier molecular flexibility index (Phi) is 4.32. The third kappa shape index (κ3) is 3.07. The van der Waals surface area contributed by atoms with E-state index in [0.29, 0.717) is 17.1 Å². The van der Waals surface area contributed by atoms with Crippen LogP contribution in [0.4, 0.5) is 4.39 Å². The maximum atomic E-state index is 13.6. The molecule has 0 saturated carbocycles. The van der Waals surface area contributed by atoms with Gasteiger partial charge in [0.05, 0.1) is 6.04 Å². The van der Waals surface area contributed by atoms with Crippen molar-refractivity contribution >= 4 is 22.9 Å². The molecule has 0 aliphatic carbocycles. The molecule has 96 valence electrons. The SMILES string of the molecule is Cc1cnc(C(C)NCc2c(F)cccc2Cl)s1. The first kappa shape index (κ1) is 13.5. The van der Waals surface area contributed by atoms with Gasteiger partial charge in [0, 0.05) is 28.2 Å². The van der Waals surface area contributed by atoms with Gasteiger partial charge in [-0.05, 0) is 26.0 Å². The van der Waals surface area contributed by atoms with Gasteiger partial charge in [0.15, 0.2) is 0 Å². The van der Waals surface area contributed by atoms with E-state index in [9.17, 15) is 4.39 Å². The number of aryl methyl sites for hydroxylation is 1. The molecule has 1 aromatic carbocycles. The summed E-state index contributed by atoms with van der Waals surface area (Å²) >= 11 is 7.61. The second-order valence-corrected chi connectivity index (χ2v) is 5.79. The fourth-order valence-corrected chi connectivity index (χ4v) is 2.65. The van der Waals surface area contributed by atoms with E-state index in [2.05, 4.69) is 10.3 Å². The first-order valence-electron chi connectivity index (χ1n) is 5.66. The Morgan fingerprint density at radius 1 is 1.50 bits per heavy atom. The lowest BCUT2D eigenvalue weighted by Gasteiger charge is -2.12. The van der Waals surface area contributed by atoms with Crippen molar-refractivity contribution in [2.45, 2.75) is 26.4 Å². The summed E-state index contributed by atoms with van der Waals surface area (Å²) < 4.78 is 13.6. The van der Waals surface area contributed by atoms with E-state index in [1.807, 2.05) is 20.0 Å². The maximum Gasteiger partial charge on any atom is 0.129 e. The van der Waals surface area contributed by atoms with E-state index in [1.54, 1.807) is 23.5 Å². The van der Waals surface area contributed by atoms with Gasteiger partial charge in [-0.25, -0.2) is 9.37 Å². The average Bonchev–Trinajstić information content (AvgIpc) is 2.75. The van der Waals surface area contributed by atoms with E-state index >= 15 is 0 Å². The monoisotopic (exact) mass is 284 g/mol. The van der Waals surface area contributed by atoms with Gasteiger partial charge in [0.1, 0.15) is 10.8 Å². The van der Waals surface area contributed by atoms with Crippen LogP contribution in [-0.2, 0) is 6.54 Å². The molecular formula is C13H14ClFN2S. The largest absolute Gasteiger partial charge is 0.304 e. The van der Waals surface area contributed by atoms with Gasteiger partial charge in [0.2, 0.25) is 0 Å². The Labute approximate surface area is 115 Å². The van der Waals surface area contributed by atoms with E-state index in [4.69, 9.17) is 11.6 Å². The highest BCUT2D eigenvalue weighted by Crippen LogP contribution is 2.22. The first-order valence-corrected chi connectivity index (χ1v) is 6.86. The van der Waals surface area contributed by atoms with Crippen LogP contribution in [0.3, 0.4) is 0 Å². The molecule has 0 bridgehead atoms. The molecule has 1 N–H and O–H groups in total. The molecule has 0 fully saturated rings. The van der Waals surface area contributed by atoms with E-state index in [0.717, 1.165) is 5.01 Å². The number of nitrogens with one attached hydrogen (secondary N) is 1. The first-order chi connectivity index (χ1) is 8.58. The summed E-state index contributed by atoms with van der Waals surface area (Å²) in [4.78, 5) is 5.47. The third-order valence-corrected chi connectivity index (χ3v) is 4.11. The number of aromatic nitrogens is 1. The third-order valence-electron chi connectivity index (χ3n) is 2.66. The predicted molar refractivity (Wildman–Crippen MR) is 73.5 cm³/mol. The van der Waals surface area contributed by atoms with E-state index in [1.165, 1.54) is 10.9 Å². The molecule has 1 unspecified atom stereocenters. The Morgan fingerprint density at radius 2 is 2.28 bits per heavy atom. The smallest absolute Gasteiger partial charge is 0.129 e. The minimum absolute atomic E-state index is 0.0828. The molecule has 0 spiro atoms. The zero-order valence-electron chi connectivity index (χ0n) is 10.2. The van der Waals surface area contributed by atoms with Crippen molar-refractivity contribution in [1.29, 1.82) is 0 Å². The van der Waals surface area contributed by atoms with Crippen LogP contribution >= 0.6 is 22.9 Å². The second-order valence-electron chi connectivity index (χ2n) is 4.11. The number of thiazole rings is 1. The standard InChI is InChI=1S/C13H14ClFN2S/c1-8-6-17-13(18-8)9(2)16-7-10-11(14)4-3-5-12(10)15/h3-6,9,16H,7H2,1-2H3. The molecule has 0 saturated heterocycles. The Bertz CT molecular complexity index is 521. The minimum Gasteiger partial charge on any atom is -0.304 e. The van der Waals surface area contributed by atoms with Gasteiger partial charge in [-0.15, -0.1) is 11.3 Å². The highest BCUT2D eigenvalue weighted by atomic mass is 35.5. The van der Waals surface area contributed by atoms with Gasteiger partial charge in [-0.2, -0.15) is 0 Å². The molecule has 2 rings (SSSR count). The molecule has 0 radical (unpaired) electrons. The zero-order valence-corrected chi connectivity index (χ0v) is 11.8. The van der Waals surface area contributed by atoms with Crippen LogP contribution in [0.2, 0.25) is 5.02 Å². The predicted octanol–water partition coefficient (Wildman–Crippen LogP) is 4.09. The van der Waals surface area contributed by atoms with Crippen molar-refractivity contribution in [2.24, 2.45) is 0 Å². The molecule has 0 aliphatic rings. The van der Waals surface area contributed by atoms with Crippen molar-refractivity contribution in [3.63, 3.8) is 0 Å². The summed E-state index contributed by atoms with van der Waals surface area (Å²) in [5.74, 6) is -0.280. The molecule has 0 amide bonds. The summed E-state index contributed by atoms with van der Waals surface area (Å²) in [6.45, 7) is 4.42. The summed E-state index contributed by atoms with van der Waals surface area (Å²) in [5, 5.41) is 4.68. The fourth-order valence-electron chi connectivity index (χ4n) is 1.62. The van der Waals surface area contributed by atoms with Crippen molar-refractivity contribution in [3.05, 3.63) is 50.7 Å². The van der Waals surface area contributed by atoms with E-state index < -0.39 is 0 Å². The van der Waals surface area contributed by atoms with Gasteiger partial charge in [-0.1, -0.05) is 17.7 Å². The fraction of sp³-hybridized carbons (Fsp3) is 0.308. The number of nitrogens with zero attached hydrogens (tertiary/aromatic N) is 1. The maximum absolute atomic E-state index is 13.6. The van der Waals surface area contributed by atoms with Crippen molar-refractivity contribution in [1.82, 2.24) is 10.3 Å². The average molecular weight is 285 g/mol. The molecule has 1 aromatic heterocycles. The number of benzene rings is 1. The van der Waals surface area contributed by atoms with Gasteiger partial charge < -0.3 is 5.32 Å². The Balaban J connectivity index is 2.03. The van der Waals surface area contributed by atoms with Crippen LogP contribution < -0.4 is 5.32 Å². The molecule has 1 heterocycles. The minimum atomic E-state index is -0.280. The topological polar surface area (TPSA) is 24.9 Å². The van der Waals surface area contributed by atoms with Crippen molar-refractivity contribution in [2.75, 3.05) is 0 Å². The quantitative estimate of drug-likeness (QED) is 0.914. The normalized spacial score (nSPS) is 12.7. The Hall–Kier alpha value is -0.970. The van der Waals surface area contributed by atoms with Crippen LogP contribution in [0.1, 0.15) is 28.4 Å². The van der Waals surface area contributed by atoms with Crippen LogP contribution in [0.25, 0.3) is 0 Å². The number of hydrogen-bond acceptors (Lipinski definition) is 3. The Morgan fingerprint density at radius 3 is 2.89 bits per heavy atom. The van der Waals surface area contributed by atoms with Crippen LogP contribution in [0.5, 0.6) is 0 Å². The molecular weight excluding hydrogens is 271 g/mol. The molecule has 5 heteroatoms. The van der Waals surface area contributed by atoms with Gasteiger partial charge in [0.25, 0.3) is 0 Å². The van der Waals surface area contributed by atoms with Crippen LogP contribution in [0.15, 0.2) is 24.4 Å². The number of rotatable bonds is 4. The second kappa shape index (κ2) is 5.78. The van der Waals surface area contributed by atoms with Crippen LogP contribution in [-0.4, -0.2) is 4.98 Å². The molecule has 2 nitrogen and oxygen atoms in total. The highest BCUT2D eigenvalue weighted by molar-refractivity contribution is 7.11. The van der Waals surface area contributed by atoms with Crippen molar-refractivity contribution in [3.8, 4) is 0 Å².